The summed E-state index contributed by atoms with van der Waals surface area (Å²) in [6, 6.07) is 0. The van der Waals surface area contributed by atoms with Gasteiger partial charge in [-0.3, -0.25) is 19.7 Å². The zero-order valence-electron chi connectivity index (χ0n) is 12.1. The molecule has 7 nitrogen and oxygen atoms in total. The lowest BCUT2D eigenvalue weighted by Gasteiger charge is -2.27. The summed E-state index contributed by atoms with van der Waals surface area (Å²) in [5, 5.41) is 10.9. The highest BCUT2D eigenvalue weighted by Crippen LogP contribution is 2.27. The molecule has 21 heavy (non-hydrogen) atoms. The molecule has 0 aromatic rings. The average molecular weight is 316 g/mol. The number of esters is 1. The highest BCUT2D eigenvalue weighted by atomic mass is 32.2. The smallest absolute Gasteiger partial charge is 0.306 e. The number of nitrogens with zero attached hydrogens (tertiary/aromatic N) is 2. The van der Waals surface area contributed by atoms with Gasteiger partial charge in [-0.1, -0.05) is 13.3 Å². The van der Waals surface area contributed by atoms with Crippen molar-refractivity contribution in [2.45, 2.75) is 39.0 Å². The molecule has 0 aliphatic carbocycles. The first-order valence-corrected chi connectivity index (χ1v) is 7.97. The van der Waals surface area contributed by atoms with Gasteiger partial charge >= 0.3 is 5.97 Å². The number of nitro groups is 1. The van der Waals surface area contributed by atoms with Crippen LogP contribution in [0.3, 0.4) is 0 Å². The van der Waals surface area contributed by atoms with Crippen LogP contribution in [0.15, 0.2) is 11.2 Å². The minimum Gasteiger partial charge on any atom is -0.466 e. The van der Waals surface area contributed by atoms with Crippen LogP contribution in [0.1, 0.15) is 39.0 Å². The average Bonchev–Trinajstić information content (AvgIpc) is 2.45. The third kappa shape index (κ3) is 6.61. The van der Waals surface area contributed by atoms with Crippen molar-refractivity contribution in [1.82, 2.24) is 4.90 Å². The quantitative estimate of drug-likeness (QED) is 0.309. The number of rotatable bonds is 7. The van der Waals surface area contributed by atoms with Gasteiger partial charge in [0.2, 0.25) is 5.91 Å². The summed E-state index contributed by atoms with van der Waals surface area (Å²) in [6.45, 7) is 2.82. The lowest BCUT2D eigenvalue weighted by Crippen LogP contribution is -2.34. The summed E-state index contributed by atoms with van der Waals surface area (Å²) in [7, 11) is 0. The van der Waals surface area contributed by atoms with E-state index in [1.807, 2.05) is 6.92 Å². The first kappa shape index (κ1) is 17.5. The molecule has 0 unspecified atom stereocenters. The van der Waals surface area contributed by atoms with Crippen LogP contribution in [-0.2, 0) is 14.3 Å². The number of hydrogen-bond acceptors (Lipinski definition) is 6. The number of unbranched alkanes of at least 4 members (excludes halogenated alkanes) is 1. The van der Waals surface area contributed by atoms with Crippen LogP contribution in [0.5, 0.6) is 0 Å². The van der Waals surface area contributed by atoms with Crippen molar-refractivity contribution in [2.75, 3.05) is 18.9 Å². The molecular formula is C13H20N2O5S. The molecule has 1 aliphatic heterocycles. The van der Waals surface area contributed by atoms with E-state index in [1.165, 1.54) is 16.7 Å². The molecule has 8 heteroatoms. The third-order valence-corrected chi connectivity index (χ3v) is 3.98. The lowest BCUT2D eigenvalue weighted by molar-refractivity contribution is -0.403. The first-order valence-electron chi connectivity index (χ1n) is 6.98. The molecular weight excluding hydrogens is 296 g/mol. The van der Waals surface area contributed by atoms with Crippen LogP contribution in [0, 0.1) is 10.1 Å². The molecule has 0 saturated carbocycles. The van der Waals surface area contributed by atoms with Gasteiger partial charge in [0.25, 0.3) is 6.20 Å². The zero-order chi connectivity index (χ0) is 15.7. The number of ether oxygens (including phenoxy) is 1. The van der Waals surface area contributed by atoms with E-state index in [1.54, 1.807) is 0 Å². The zero-order valence-corrected chi connectivity index (χ0v) is 12.9. The van der Waals surface area contributed by atoms with Gasteiger partial charge in [0.1, 0.15) is 5.03 Å². The molecule has 1 rings (SSSR count). The maximum Gasteiger partial charge on any atom is 0.306 e. The highest BCUT2D eigenvalue weighted by Gasteiger charge is 2.25. The van der Waals surface area contributed by atoms with E-state index in [2.05, 4.69) is 0 Å². The Kier molecular flexibility index (Phi) is 7.81. The van der Waals surface area contributed by atoms with Crippen LogP contribution in [0.25, 0.3) is 0 Å². The SMILES string of the molecule is CCCCOC(=O)CCC(=O)N1CCCSC1=C[N+](=O)[O-]. The Labute approximate surface area is 127 Å². The van der Waals surface area contributed by atoms with Crippen LogP contribution < -0.4 is 0 Å². The molecule has 0 atom stereocenters. The summed E-state index contributed by atoms with van der Waals surface area (Å²) in [5.41, 5.74) is 0. The van der Waals surface area contributed by atoms with Gasteiger partial charge in [-0.2, -0.15) is 0 Å². The van der Waals surface area contributed by atoms with Crippen LogP contribution >= 0.6 is 11.8 Å². The molecule has 1 heterocycles. The molecule has 0 radical (unpaired) electrons. The molecule has 0 aromatic carbocycles. The lowest BCUT2D eigenvalue weighted by atomic mass is 10.2. The molecule has 0 aromatic heterocycles. The fraction of sp³-hybridized carbons (Fsp3) is 0.692. The Morgan fingerprint density at radius 3 is 2.90 bits per heavy atom. The Bertz CT molecular complexity index is 425. The maximum absolute atomic E-state index is 12.1. The summed E-state index contributed by atoms with van der Waals surface area (Å²) in [4.78, 5) is 34.9. The molecule has 1 fully saturated rings. The largest absolute Gasteiger partial charge is 0.466 e. The first-order chi connectivity index (χ1) is 10.0. The Morgan fingerprint density at radius 2 is 2.24 bits per heavy atom. The second-order valence-electron chi connectivity index (χ2n) is 4.57. The normalized spacial score (nSPS) is 16.8. The predicted molar refractivity (Wildman–Crippen MR) is 79.0 cm³/mol. The van der Waals surface area contributed by atoms with Gasteiger partial charge < -0.3 is 9.64 Å². The van der Waals surface area contributed by atoms with Crippen molar-refractivity contribution in [3.63, 3.8) is 0 Å². The molecule has 1 amide bonds. The van der Waals surface area contributed by atoms with Crippen LogP contribution in [0.4, 0.5) is 0 Å². The highest BCUT2D eigenvalue weighted by molar-refractivity contribution is 8.03. The minimum absolute atomic E-state index is 0.00938. The molecule has 0 N–H and O–H groups in total. The Morgan fingerprint density at radius 1 is 1.48 bits per heavy atom. The number of thioether (sulfide) groups is 1. The summed E-state index contributed by atoms with van der Waals surface area (Å²) in [6.07, 6.45) is 3.40. The number of carbonyl (C=O) groups excluding carboxylic acids is 2. The number of carbonyl (C=O) groups is 2. The molecule has 0 bridgehead atoms. The standard InChI is InChI=1S/C13H20N2O5S/c1-2-3-8-20-13(17)6-5-11(16)14-7-4-9-21-12(14)10-15(18)19/h10H,2-9H2,1H3. The summed E-state index contributed by atoms with van der Waals surface area (Å²) >= 11 is 1.29. The van der Waals surface area contributed by atoms with Crippen LogP contribution in [0.2, 0.25) is 0 Å². The second-order valence-corrected chi connectivity index (χ2v) is 5.69. The Balaban J connectivity index is 2.45. The fourth-order valence-electron chi connectivity index (χ4n) is 1.78. The monoisotopic (exact) mass is 316 g/mol. The fourth-order valence-corrected chi connectivity index (χ4v) is 2.77. The van der Waals surface area contributed by atoms with Crippen molar-refractivity contribution in [3.05, 3.63) is 21.3 Å². The molecule has 1 aliphatic rings. The second kappa shape index (κ2) is 9.38. The van der Waals surface area contributed by atoms with Crippen LogP contribution in [-0.4, -0.2) is 40.6 Å². The molecule has 0 spiro atoms. The van der Waals surface area contributed by atoms with Gasteiger partial charge in [-0.05, 0) is 12.8 Å². The number of hydrogen-bond donors (Lipinski definition) is 0. The van der Waals surface area contributed by atoms with E-state index in [0.717, 1.165) is 31.2 Å². The van der Waals surface area contributed by atoms with Crippen molar-refractivity contribution < 1.29 is 19.2 Å². The molecule has 1 saturated heterocycles. The van der Waals surface area contributed by atoms with Gasteiger partial charge in [0, 0.05) is 18.7 Å². The van der Waals surface area contributed by atoms with Crippen molar-refractivity contribution in [1.29, 1.82) is 0 Å². The van der Waals surface area contributed by atoms with E-state index in [4.69, 9.17) is 4.74 Å². The van der Waals surface area contributed by atoms with E-state index in [9.17, 15) is 19.7 Å². The van der Waals surface area contributed by atoms with E-state index < -0.39 is 10.9 Å². The number of amides is 1. The topological polar surface area (TPSA) is 89.8 Å². The predicted octanol–water partition coefficient (Wildman–Crippen LogP) is 2.15. The van der Waals surface area contributed by atoms with E-state index in [0.29, 0.717) is 18.2 Å². The van der Waals surface area contributed by atoms with E-state index in [-0.39, 0.29) is 18.7 Å². The third-order valence-electron chi connectivity index (χ3n) is 2.86. The van der Waals surface area contributed by atoms with Crippen molar-refractivity contribution in [3.8, 4) is 0 Å². The van der Waals surface area contributed by atoms with E-state index >= 15 is 0 Å². The molecule has 118 valence electrons. The summed E-state index contributed by atoms with van der Waals surface area (Å²) in [5.74, 6) is 0.0757. The Hall–Kier alpha value is -1.57. The van der Waals surface area contributed by atoms with Crippen molar-refractivity contribution >= 4 is 23.6 Å². The van der Waals surface area contributed by atoms with Gasteiger partial charge in [0.15, 0.2) is 0 Å². The van der Waals surface area contributed by atoms with Gasteiger partial charge in [-0.15, -0.1) is 11.8 Å². The van der Waals surface area contributed by atoms with Gasteiger partial charge in [0.05, 0.1) is 18.0 Å². The summed E-state index contributed by atoms with van der Waals surface area (Å²) < 4.78 is 4.97. The van der Waals surface area contributed by atoms with Gasteiger partial charge in [-0.25, -0.2) is 0 Å². The maximum atomic E-state index is 12.1. The minimum atomic E-state index is -0.563. The van der Waals surface area contributed by atoms with Crippen molar-refractivity contribution in [2.24, 2.45) is 0 Å².